The molecule has 0 unspecified atom stereocenters. The lowest BCUT2D eigenvalue weighted by Crippen LogP contribution is -2.48. The molecule has 0 atom stereocenters. The number of carbonyl (C=O) groups excluding carboxylic acids is 2. The van der Waals surface area contributed by atoms with Crippen molar-refractivity contribution in [1.82, 2.24) is 29.9 Å². The van der Waals surface area contributed by atoms with Crippen LogP contribution < -0.4 is 5.32 Å². The number of likely N-dealkylation sites (tertiary alicyclic amines) is 2. The van der Waals surface area contributed by atoms with E-state index in [2.05, 4.69) is 15.2 Å². The molecule has 1 N–H and O–H groups in total. The van der Waals surface area contributed by atoms with E-state index < -0.39 is 0 Å². The molecule has 2 saturated heterocycles. The molecule has 4 heterocycles. The maximum Gasteiger partial charge on any atom is 0.275 e. The Bertz CT molecular complexity index is 1510. The van der Waals surface area contributed by atoms with Crippen LogP contribution >= 0.6 is 0 Å². The molecule has 8 heteroatoms. The van der Waals surface area contributed by atoms with Crippen molar-refractivity contribution in [1.29, 1.82) is 0 Å². The summed E-state index contributed by atoms with van der Waals surface area (Å²) in [6, 6.07) is 20.1. The average molecular weight is 549 g/mol. The zero-order valence-corrected chi connectivity index (χ0v) is 23.3. The average Bonchev–Trinajstić information content (AvgIpc) is 3.43. The highest BCUT2D eigenvalue weighted by Crippen LogP contribution is 2.26. The number of amides is 2. The zero-order valence-electron chi connectivity index (χ0n) is 23.3. The van der Waals surface area contributed by atoms with Crippen LogP contribution in [0.4, 0.5) is 0 Å². The topological polar surface area (TPSA) is 83.4 Å². The van der Waals surface area contributed by atoms with Crippen molar-refractivity contribution in [2.45, 2.75) is 44.7 Å². The van der Waals surface area contributed by atoms with Crippen LogP contribution in [0.15, 0.2) is 79.1 Å². The minimum absolute atomic E-state index is 0.00824. The van der Waals surface area contributed by atoms with E-state index in [9.17, 15) is 9.59 Å². The number of pyridine rings is 1. The molecule has 210 valence electrons. The van der Waals surface area contributed by atoms with Crippen molar-refractivity contribution >= 4 is 28.8 Å². The first-order chi connectivity index (χ1) is 20.2. The monoisotopic (exact) mass is 548 g/mol. The lowest BCUT2D eigenvalue weighted by Gasteiger charge is -2.40. The standard InChI is InChI=1S/C33H36N6O2/c40-31(35-24-26-7-6-18-34-23-26)15-12-25-10-13-28(14-11-25)39-30-9-3-2-8-29(30)32(36-39)33(41)38-21-16-27(17-22-38)37-19-4-1-5-20-37/h2-3,6-15,18,23,27H,1,4-5,16-17,19-22,24H2,(H,35,40). The third-order valence-electron chi connectivity index (χ3n) is 8.20. The number of piperidine rings is 2. The second kappa shape index (κ2) is 12.5. The fourth-order valence-electron chi connectivity index (χ4n) is 5.94. The van der Waals surface area contributed by atoms with E-state index in [4.69, 9.17) is 5.10 Å². The number of para-hydroxylation sites is 1. The number of hydrogen-bond acceptors (Lipinski definition) is 5. The maximum atomic E-state index is 13.7. The van der Waals surface area contributed by atoms with Crippen LogP contribution in [0.1, 0.15) is 53.7 Å². The van der Waals surface area contributed by atoms with Gasteiger partial charge in [-0.15, -0.1) is 0 Å². The van der Waals surface area contributed by atoms with Crippen molar-refractivity contribution in [2.75, 3.05) is 26.2 Å². The van der Waals surface area contributed by atoms with E-state index in [-0.39, 0.29) is 11.8 Å². The van der Waals surface area contributed by atoms with Crippen LogP contribution in [0, 0.1) is 0 Å². The largest absolute Gasteiger partial charge is 0.348 e. The van der Waals surface area contributed by atoms with E-state index >= 15 is 0 Å². The zero-order chi connectivity index (χ0) is 28.0. The van der Waals surface area contributed by atoms with Gasteiger partial charge in [0.05, 0.1) is 11.2 Å². The second-order valence-corrected chi connectivity index (χ2v) is 10.9. The van der Waals surface area contributed by atoms with Gasteiger partial charge in [0.15, 0.2) is 5.69 Å². The summed E-state index contributed by atoms with van der Waals surface area (Å²) in [5, 5.41) is 8.56. The summed E-state index contributed by atoms with van der Waals surface area (Å²) in [5.41, 5.74) is 4.12. The summed E-state index contributed by atoms with van der Waals surface area (Å²) in [4.78, 5) is 34.6. The van der Waals surface area contributed by atoms with Gasteiger partial charge >= 0.3 is 0 Å². The first kappa shape index (κ1) is 26.9. The number of hydrogen-bond donors (Lipinski definition) is 1. The summed E-state index contributed by atoms with van der Waals surface area (Å²) in [7, 11) is 0. The lowest BCUT2D eigenvalue weighted by atomic mass is 9.99. The first-order valence-corrected chi connectivity index (χ1v) is 14.6. The summed E-state index contributed by atoms with van der Waals surface area (Å²) in [5.74, 6) is -0.159. The molecule has 2 aromatic carbocycles. The minimum atomic E-state index is -0.167. The normalized spacial score (nSPS) is 16.8. The summed E-state index contributed by atoms with van der Waals surface area (Å²) >= 11 is 0. The molecule has 2 fully saturated rings. The van der Waals surface area contributed by atoms with Gasteiger partial charge < -0.3 is 15.1 Å². The van der Waals surface area contributed by atoms with E-state index in [0.29, 0.717) is 18.3 Å². The molecule has 0 spiro atoms. The molecule has 0 saturated carbocycles. The molecule has 8 nitrogen and oxygen atoms in total. The van der Waals surface area contributed by atoms with Crippen molar-refractivity contribution in [3.63, 3.8) is 0 Å². The van der Waals surface area contributed by atoms with E-state index in [1.54, 1.807) is 18.5 Å². The molecule has 0 aliphatic carbocycles. The number of nitrogens with one attached hydrogen (secondary N) is 1. The summed E-state index contributed by atoms with van der Waals surface area (Å²) < 4.78 is 1.84. The Hall–Kier alpha value is -4.30. The number of fused-ring (bicyclic) bond motifs is 1. The van der Waals surface area contributed by atoms with Crippen LogP contribution in [0.25, 0.3) is 22.7 Å². The van der Waals surface area contributed by atoms with Crippen LogP contribution in [0.2, 0.25) is 0 Å². The molecule has 2 amide bonds. The predicted molar refractivity (Wildman–Crippen MR) is 161 cm³/mol. The molecular weight excluding hydrogens is 512 g/mol. The van der Waals surface area contributed by atoms with Crippen molar-refractivity contribution in [2.24, 2.45) is 0 Å². The molecule has 6 rings (SSSR count). The quantitative estimate of drug-likeness (QED) is 0.334. The fraction of sp³-hybridized carbons (Fsp3) is 0.333. The van der Waals surface area contributed by atoms with Gasteiger partial charge in [-0.1, -0.05) is 42.8 Å². The molecule has 0 radical (unpaired) electrons. The smallest absolute Gasteiger partial charge is 0.275 e. The fourth-order valence-corrected chi connectivity index (χ4v) is 5.94. The Kier molecular flexibility index (Phi) is 8.18. The van der Waals surface area contributed by atoms with E-state index in [0.717, 1.165) is 53.6 Å². The Morgan fingerprint density at radius 3 is 2.44 bits per heavy atom. The van der Waals surface area contributed by atoms with Gasteiger partial charge in [-0.3, -0.25) is 14.6 Å². The van der Waals surface area contributed by atoms with Gasteiger partial charge in [0.25, 0.3) is 5.91 Å². The van der Waals surface area contributed by atoms with Crippen LogP contribution in [0.3, 0.4) is 0 Å². The second-order valence-electron chi connectivity index (χ2n) is 10.9. The third kappa shape index (κ3) is 6.23. The van der Waals surface area contributed by atoms with Crippen LogP contribution in [-0.4, -0.2) is 68.6 Å². The number of benzene rings is 2. The molecule has 2 aliphatic rings. The highest BCUT2D eigenvalue weighted by molar-refractivity contribution is 6.05. The number of rotatable bonds is 7. The highest BCUT2D eigenvalue weighted by Gasteiger charge is 2.30. The number of aromatic nitrogens is 3. The Morgan fingerprint density at radius 2 is 1.68 bits per heavy atom. The molecule has 2 aromatic heterocycles. The molecule has 0 bridgehead atoms. The minimum Gasteiger partial charge on any atom is -0.348 e. The van der Waals surface area contributed by atoms with Gasteiger partial charge in [0.1, 0.15) is 0 Å². The molecule has 41 heavy (non-hydrogen) atoms. The van der Waals surface area contributed by atoms with Crippen LogP contribution in [-0.2, 0) is 11.3 Å². The van der Waals surface area contributed by atoms with Gasteiger partial charge in [-0.2, -0.15) is 5.10 Å². The van der Waals surface area contributed by atoms with Crippen LogP contribution in [0.5, 0.6) is 0 Å². The number of nitrogens with zero attached hydrogens (tertiary/aromatic N) is 5. The Morgan fingerprint density at radius 1 is 0.902 bits per heavy atom. The van der Waals surface area contributed by atoms with Crippen molar-refractivity contribution in [3.8, 4) is 5.69 Å². The Labute approximate surface area is 240 Å². The van der Waals surface area contributed by atoms with Crippen molar-refractivity contribution in [3.05, 3.63) is 96.0 Å². The highest BCUT2D eigenvalue weighted by atomic mass is 16.2. The predicted octanol–water partition coefficient (Wildman–Crippen LogP) is 4.84. The van der Waals surface area contributed by atoms with E-state index in [1.165, 1.54) is 38.4 Å². The van der Waals surface area contributed by atoms with Gasteiger partial charge in [-0.25, -0.2) is 4.68 Å². The number of carbonyl (C=O) groups is 2. The first-order valence-electron chi connectivity index (χ1n) is 14.6. The molecule has 2 aliphatic heterocycles. The SMILES string of the molecule is O=C(C=Cc1ccc(-n2nc(C(=O)N3CCC(N4CCCCC4)CC3)c3ccccc32)cc1)NCc1cccnc1. The summed E-state index contributed by atoms with van der Waals surface area (Å²) in [6.07, 6.45) is 12.7. The third-order valence-corrected chi connectivity index (χ3v) is 8.20. The van der Waals surface area contributed by atoms with Crippen molar-refractivity contribution < 1.29 is 9.59 Å². The van der Waals surface area contributed by atoms with Gasteiger partial charge in [0.2, 0.25) is 5.91 Å². The Balaban J connectivity index is 1.13. The van der Waals surface area contributed by atoms with Gasteiger partial charge in [-0.05, 0) is 80.2 Å². The summed E-state index contributed by atoms with van der Waals surface area (Å²) in [6.45, 7) is 4.37. The van der Waals surface area contributed by atoms with Gasteiger partial charge in [0, 0.05) is 49.5 Å². The molecular formula is C33H36N6O2. The molecule has 4 aromatic rings. The maximum absolute atomic E-state index is 13.7. The van der Waals surface area contributed by atoms with E-state index in [1.807, 2.05) is 70.2 Å². The lowest BCUT2D eigenvalue weighted by molar-refractivity contribution is -0.116.